The number of rotatable bonds is 14. The van der Waals surface area contributed by atoms with E-state index in [1.54, 1.807) is 23.9 Å². The fourth-order valence-electron chi connectivity index (χ4n) is 3.98. The van der Waals surface area contributed by atoms with Gasteiger partial charge in [-0.05, 0) is 43.5 Å². The average Bonchev–Trinajstić information content (AvgIpc) is 3.30. The normalized spacial score (nSPS) is 11.9. The van der Waals surface area contributed by atoms with Crippen LogP contribution in [0.3, 0.4) is 0 Å². The Labute approximate surface area is 217 Å². The maximum Gasteiger partial charge on any atom is 0.269 e. The minimum absolute atomic E-state index is 0.00893. The summed E-state index contributed by atoms with van der Waals surface area (Å²) in [7, 11) is 0. The summed E-state index contributed by atoms with van der Waals surface area (Å²) in [6.45, 7) is 6.15. The van der Waals surface area contributed by atoms with Gasteiger partial charge in [0.15, 0.2) is 11.0 Å². The van der Waals surface area contributed by atoms with E-state index in [0.29, 0.717) is 28.8 Å². The lowest BCUT2D eigenvalue weighted by Crippen LogP contribution is -2.28. The van der Waals surface area contributed by atoms with Crippen LogP contribution in [-0.4, -0.2) is 25.6 Å². The molecule has 0 aliphatic carbocycles. The number of nitrogens with one attached hydrogen (secondary N) is 1. The van der Waals surface area contributed by atoms with Crippen molar-refractivity contribution < 1.29 is 9.72 Å². The number of carbonyl (C=O) groups excluding carboxylic acids is 1. The van der Waals surface area contributed by atoms with Gasteiger partial charge in [0.25, 0.3) is 5.69 Å². The SMILES string of the molecule is CCCCCCCCC(=O)NC(C)c1nnc(SCc2ccccc2C)n1-c1ccc([N+](=O)[O-])cc1. The van der Waals surface area contributed by atoms with Gasteiger partial charge < -0.3 is 5.32 Å². The van der Waals surface area contributed by atoms with E-state index in [0.717, 1.165) is 19.3 Å². The van der Waals surface area contributed by atoms with Crippen LogP contribution in [0.1, 0.15) is 81.8 Å². The molecule has 0 bridgehead atoms. The van der Waals surface area contributed by atoms with Crippen LogP contribution in [0.15, 0.2) is 53.7 Å². The summed E-state index contributed by atoms with van der Waals surface area (Å²) >= 11 is 1.54. The van der Waals surface area contributed by atoms with E-state index in [1.165, 1.54) is 42.5 Å². The number of hydrogen-bond acceptors (Lipinski definition) is 6. The lowest BCUT2D eigenvalue weighted by molar-refractivity contribution is -0.384. The summed E-state index contributed by atoms with van der Waals surface area (Å²) in [6.07, 6.45) is 7.24. The molecule has 0 radical (unpaired) electrons. The third kappa shape index (κ3) is 7.65. The molecule has 36 heavy (non-hydrogen) atoms. The van der Waals surface area contributed by atoms with E-state index < -0.39 is 4.92 Å². The molecule has 0 aliphatic heterocycles. The van der Waals surface area contributed by atoms with E-state index in [4.69, 9.17) is 0 Å². The summed E-state index contributed by atoms with van der Waals surface area (Å²) in [4.78, 5) is 23.3. The first-order chi connectivity index (χ1) is 17.4. The summed E-state index contributed by atoms with van der Waals surface area (Å²) in [5, 5.41) is 23.7. The predicted molar refractivity (Wildman–Crippen MR) is 143 cm³/mol. The molecule has 3 rings (SSSR count). The van der Waals surface area contributed by atoms with Crippen LogP contribution in [0.5, 0.6) is 0 Å². The van der Waals surface area contributed by atoms with Gasteiger partial charge in [-0.1, -0.05) is 75.1 Å². The molecule has 1 aromatic heterocycles. The number of amides is 1. The van der Waals surface area contributed by atoms with Gasteiger partial charge >= 0.3 is 0 Å². The number of carbonyl (C=O) groups is 1. The van der Waals surface area contributed by atoms with Gasteiger partial charge in [-0.15, -0.1) is 10.2 Å². The molecule has 9 heteroatoms. The highest BCUT2D eigenvalue weighted by Gasteiger charge is 2.22. The number of nitro groups is 1. The molecule has 8 nitrogen and oxygen atoms in total. The number of non-ortho nitro benzene ring substituents is 1. The van der Waals surface area contributed by atoms with Crippen molar-refractivity contribution in [2.75, 3.05) is 0 Å². The molecule has 1 N–H and O–H groups in total. The molecule has 2 aromatic carbocycles. The number of aryl methyl sites for hydroxylation is 1. The molecule has 1 unspecified atom stereocenters. The van der Waals surface area contributed by atoms with Gasteiger partial charge in [0.1, 0.15) is 0 Å². The molecule has 0 aliphatic rings. The summed E-state index contributed by atoms with van der Waals surface area (Å²) in [5.41, 5.74) is 3.12. The molecule has 1 heterocycles. The number of benzene rings is 2. The fraction of sp³-hybridized carbons (Fsp3) is 0.444. The Bertz CT molecular complexity index is 1150. The van der Waals surface area contributed by atoms with Crippen molar-refractivity contribution in [3.8, 4) is 5.69 Å². The summed E-state index contributed by atoms with van der Waals surface area (Å²) in [5.74, 6) is 1.29. The lowest BCUT2D eigenvalue weighted by atomic mass is 10.1. The second kappa shape index (κ2) is 13.8. The molecule has 0 saturated heterocycles. The fourth-order valence-corrected chi connectivity index (χ4v) is 5.01. The first-order valence-electron chi connectivity index (χ1n) is 12.6. The second-order valence-corrected chi connectivity index (χ2v) is 9.91. The van der Waals surface area contributed by atoms with Crippen molar-refractivity contribution in [1.29, 1.82) is 0 Å². The van der Waals surface area contributed by atoms with Gasteiger partial charge in [0.2, 0.25) is 5.91 Å². The van der Waals surface area contributed by atoms with Crippen molar-refractivity contribution in [3.63, 3.8) is 0 Å². The van der Waals surface area contributed by atoms with Crippen LogP contribution in [0, 0.1) is 17.0 Å². The number of thioether (sulfide) groups is 1. The first-order valence-corrected chi connectivity index (χ1v) is 13.6. The Hall–Kier alpha value is -3.20. The largest absolute Gasteiger partial charge is 0.346 e. The Balaban J connectivity index is 1.76. The zero-order valence-corrected chi connectivity index (χ0v) is 22.1. The molecule has 192 valence electrons. The maximum atomic E-state index is 12.6. The van der Waals surface area contributed by atoms with Crippen LogP contribution in [0.4, 0.5) is 5.69 Å². The zero-order chi connectivity index (χ0) is 25.9. The van der Waals surface area contributed by atoms with Gasteiger partial charge in [0, 0.05) is 30.0 Å². The Kier molecular flexibility index (Phi) is 10.5. The molecule has 0 fully saturated rings. The van der Waals surface area contributed by atoms with E-state index in [9.17, 15) is 14.9 Å². The maximum absolute atomic E-state index is 12.6. The quantitative estimate of drug-likeness (QED) is 0.112. The van der Waals surface area contributed by atoms with Gasteiger partial charge in [-0.3, -0.25) is 19.5 Å². The number of unbranched alkanes of at least 4 members (excludes halogenated alkanes) is 5. The van der Waals surface area contributed by atoms with Crippen molar-refractivity contribution >= 4 is 23.4 Å². The number of nitrogens with zero attached hydrogens (tertiary/aromatic N) is 4. The van der Waals surface area contributed by atoms with Crippen molar-refractivity contribution in [2.24, 2.45) is 0 Å². The van der Waals surface area contributed by atoms with Crippen molar-refractivity contribution in [1.82, 2.24) is 20.1 Å². The minimum Gasteiger partial charge on any atom is -0.346 e. The van der Waals surface area contributed by atoms with Crippen molar-refractivity contribution in [3.05, 3.63) is 75.6 Å². The molecular formula is C27H35N5O3S. The van der Waals surface area contributed by atoms with Crippen molar-refractivity contribution in [2.45, 2.75) is 82.7 Å². The highest BCUT2D eigenvalue weighted by atomic mass is 32.2. The first kappa shape index (κ1) is 27.4. The van der Waals surface area contributed by atoms with Crippen LogP contribution >= 0.6 is 11.8 Å². The molecule has 3 aromatic rings. The number of aromatic nitrogens is 3. The topological polar surface area (TPSA) is 103 Å². The Morgan fingerprint density at radius 1 is 1.06 bits per heavy atom. The van der Waals surface area contributed by atoms with Crippen LogP contribution < -0.4 is 5.32 Å². The van der Waals surface area contributed by atoms with E-state index in [1.807, 2.05) is 23.6 Å². The molecule has 1 amide bonds. The Morgan fingerprint density at radius 2 is 1.75 bits per heavy atom. The van der Waals surface area contributed by atoms with Crippen LogP contribution in [0.2, 0.25) is 0 Å². The van der Waals surface area contributed by atoms with E-state index >= 15 is 0 Å². The standard InChI is InChI=1S/C27H35N5O3S/c1-4-5-6-7-8-9-14-25(33)28-21(3)26-29-30-27(36-19-22-13-11-10-12-20(22)2)31(26)23-15-17-24(18-16-23)32(34)35/h10-13,15-18,21H,4-9,14,19H2,1-3H3,(H,28,33). The molecular weight excluding hydrogens is 474 g/mol. The third-order valence-electron chi connectivity index (χ3n) is 6.12. The monoisotopic (exact) mass is 509 g/mol. The zero-order valence-electron chi connectivity index (χ0n) is 21.3. The van der Waals surface area contributed by atoms with Crippen LogP contribution in [0.25, 0.3) is 5.69 Å². The summed E-state index contributed by atoms with van der Waals surface area (Å²) in [6, 6.07) is 14.1. The molecule has 1 atom stereocenters. The highest BCUT2D eigenvalue weighted by Crippen LogP contribution is 2.29. The van der Waals surface area contributed by atoms with Gasteiger partial charge in [-0.25, -0.2) is 0 Å². The smallest absolute Gasteiger partial charge is 0.269 e. The van der Waals surface area contributed by atoms with E-state index in [-0.39, 0.29) is 17.6 Å². The molecule has 0 saturated carbocycles. The molecule has 0 spiro atoms. The average molecular weight is 510 g/mol. The van der Waals surface area contributed by atoms with Gasteiger partial charge in [-0.2, -0.15) is 0 Å². The second-order valence-electron chi connectivity index (χ2n) is 8.97. The van der Waals surface area contributed by atoms with Gasteiger partial charge in [0.05, 0.1) is 11.0 Å². The summed E-state index contributed by atoms with van der Waals surface area (Å²) < 4.78 is 1.88. The highest BCUT2D eigenvalue weighted by molar-refractivity contribution is 7.98. The van der Waals surface area contributed by atoms with Crippen LogP contribution in [-0.2, 0) is 10.5 Å². The van der Waals surface area contributed by atoms with E-state index in [2.05, 4.69) is 41.5 Å². The number of nitro benzene ring substituents is 1. The number of hydrogen-bond donors (Lipinski definition) is 1. The Morgan fingerprint density at radius 3 is 2.44 bits per heavy atom. The minimum atomic E-state index is -0.421. The lowest BCUT2D eigenvalue weighted by Gasteiger charge is -2.16. The predicted octanol–water partition coefficient (Wildman–Crippen LogP) is 6.70. The third-order valence-corrected chi connectivity index (χ3v) is 7.10.